The Labute approximate surface area is 221 Å². The van der Waals surface area contributed by atoms with Gasteiger partial charge in [-0.25, -0.2) is 10.3 Å². The Bertz CT molecular complexity index is 1170. The average molecular weight is 560 g/mol. The highest BCUT2D eigenvalue weighted by atomic mass is 19.4. The zero-order valence-corrected chi connectivity index (χ0v) is 21.0. The van der Waals surface area contributed by atoms with Crippen LogP contribution >= 0.6 is 0 Å². The summed E-state index contributed by atoms with van der Waals surface area (Å²) in [7, 11) is 0. The van der Waals surface area contributed by atoms with Gasteiger partial charge in [-0.2, -0.15) is 26.3 Å². The first-order chi connectivity index (χ1) is 18.4. The molecule has 1 aromatic rings. The number of ether oxygens (including phenoxy) is 1. The number of halogens is 6. The highest BCUT2D eigenvalue weighted by Gasteiger charge is 2.46. The fraction of sp³-hybridized carbons (Fsp3) is 0.519. The molecule has 1 aliphatic heterocycles. The molecule has 1 heterocycles. The Balaban J connectivity index is 1.42. The first-order valence-electron chi connectivity index (χ1n) is 12.8. The molecule has 0 saturated carbocycles. The van der Waals surface area contributed by atoms with Crippen molar-refractivity contribution in [3.63, 3.8) is 0 Å². The summed E-state index contributed by atoms with van der Waals surface area (Å²) in [6.07, 6.45) is -2.94. The Morgan fingerprint density at radius 2 is 1.92 bits per heavy atom. The molecule has 12 heteroatoms. The summed E-state index contributed by atoms with van der Waals surface area (Å²) < 4.78 is 85.5. The first kappa shape index (κ1) is 29.0. The molecule has 3 atom stereocenters. The van der Waals surface area contributed by atoms with Gasteiger partial charge in [0, 0.05) is 51.9 Å². The molecule has 6 nitrogen and oxygen atoms in total. The van der Waals surface area contributed by atoms with Crippen LogP contribution in [0.5, 0.6) is 0 Å². The molecule has 4 rings (SSSR count). The molecule has 39 heavy (non-hydrogen) atoms. The summed E-state index contributed by atoms with van der Waals surface area (Å²) in [6, 6.07) is 4.50. The lowest BCUT2D eigenvalue weighted by molar-refractivity contribution is -0.587. The molecule has 1 saturated heterocycles. The third kappa shape index (κ3) is 7.78. The number of nitrogens with one attached hydrogen (secondary N) is 1. The van der Waals surface area contributed by atoms with Crippen molar-refractivity contribution < 1.29 is 45.5 Å². The smallest absolute Gasteiger partial charge is 0.350 e. The number of rotatable bonds is 7. The van der Waals surface area contributed by atoms with Gasteiger partial charge in [-0.05, 0) is 55.4 Å². The van der Waals surface area contributed by atoms with Gasteiger partial charge in [-0.15, -0.1) is 0 Å². The van der Waals surface area contributed by atoms with E-state index in [0.29, 0.717) is 60.3 Å². The van der Waals surface area contributed by atoms with Gasteiger partial charge in [0.25, 0.3) is 5.91 Å². The van der Waals surface area contributed by atoms with Crippen LogP contribution in [0.4, 0.5) is 26.3 Å². The van der Waals surface area contributed by atoms with Crippen LogP contribution in [0.1, 0.15) is 61.3 Å². The van der Waals surface area contributed by atoms with Crippen molar-refractivity contribution >= 4 is 12.0 Å². The van der Waals surface area contributed by atoms with Crippen molar-refractivity contribution in [3.8, 4) is 0 Å². The average Bonchev–Trinajstić information content (AvgIpc) is 2.89. The topological polar surface area (TPSA) is 67.6 Å². The van der Waals surface area contributed by atoms with Crippen LogP contribution in [-0.4, -0.2) is 42.5 Å². The monoisotopic (exact) mass is 559 g/mol. The zero-order chi connectivity index (χ0) is 28.2. The fourth-order valence-electron chi connectivity index (χ4n) is 5.03. The second kappa shape index (κ2) is 12.0. The van der Waals surface area contributed by atoms with Crippen molar-refractivity contribution in [1.82, 2.24) is 5.48 Å². The van der Waals surface area contributed by atoms with Crippen LogP contribution in [-0.2, 0) is 20.8 Å². The summed E-state index contributed by atoms with van der Waals surface area (Å²) in [5.41, 5.74) is 2.91. The van der Waals surface area contributed by atoms with Gasteiger partial charge in [0.15, 0.2) is 6.29 Å². The molecule has 1 aromatic carbocycles. The Morgan fingerprint density at radius 3 is 2.62 bits per heavy atom. The standard InChI is InChI=1S/C27H28F6N2O4/c28-26(29,30)20-13-18(14-21(15-20)27(31,32)33)16-35(37)23-5-3-4-19-12-17(7-9-22(19)23)8-10-24(36)34-39-25-6-1-2-11-38-25/h7-10,12-14,20,23,25H,1-6,11,15-16H2/p+1/b10-8+. The molecule has 0 radical (unpaired) electrons. The number of hydrogen-bond acceptors (Lipinski definition) is 4. The molecule has 0 spiro atoms. The number of aryl methyl sites for hydroxylation is 1. The van der Waals surface area contributed by atoms with Gasteiger partial charge >= 0.3 is 12.4 Å². The maximum atomic E-state index is 13.3. The maximum Gasteiger partial charge on any atom is 0.412 e. The number of hydroxylamine groups is 1. The van der Waals surface area contributed by atoms with E-state index >= 15 is 0 Å². The second-order valence-corrected chi connectivity index (χ2v) is 9.92. The van der Waals surface area contributed by atoms with Crippen LogP contribution in [0.2, 0.25) is 0 Å². The lowest BCUT2D eigenvalue weighted by Crippen LogP contribution is -2.32. The predicted molar refractivity (Wildman–Crippen MR) is 129 cm³/mol. The van der Waals surface area contributed by atoms with Gasteiger partial charge in [0.2, 0.25) is 12.6 Å². The first-order valence-corrected chi connectivity index (χ1v) is 12.8. The molecule has 2 aliphatic carbocycles. The summed E-state index contributed by atoms with van der Waals surface area (Å²) in [5.74, 6) is -2.77. The van der Waals surface area contributed by atoms with Crippen molar-refractivity contribution in [2.24, 2.45) is 5.92 Å². The highest BCUT2D eigenvalue weighted by Crippen LogP contribution is 2.42. The van der Waals surface area contributed by atoms with Crippen molar-refractivity contribution in [3.05, 3.63) is 69.2 Å². The van der Waals surface area contributed by atoms with E-state index in [1.54, 1.807) is 18.2 Å². The number of amides is 1. The normalized spacial score (nSPS) is 24.1. The quantitative estimate of drug-likeness (QED) is 0.181. The Kier molecular flexibility index (Phi) is 8.95. The van der Waals surface area contributed by atoms with Crippen LogP contribution in [0.3, 0.4) is 0 Å². The van der Waals surface area contributed by atoms with E-state index in [4.69, 9.17) is 9.57 Å². The number of benzene rings is 1. The Hall–Kier alpha value is -2.99. The number of carbonyl (C=O) groups is 1. The largest absolute Gasteiger partial charge is 0.412 e. The Morgan fingerprint density at radius 1 is 1.13 bits per heavy atom. The predicted octanol–water partition coefficient (Wildman–Crippen LogP) is 6.43. The molecule has 1 amide bonds. The molecular weight excluding hydrogens is 530 g/mol. The van der Waals surface area contributed by atoms with E-state index < -0.39 is 55.0 Å². The molecule has 0 aromatic heterocycles. The minimum Gasteiger partial charge on any atom is -0.350 e. The van der Waals surface area contributed by atoms with E-state index in [9.17, 15) is 36.0 Å². The number of nitroso groups, excluding NO2 is 1. The minimum atomic E-state index is -4.91. The second-order valence-electron chi connectivity index (χ2n) is 9.92. The molecule has 1 N–H and O–H groups in total. The zero-order valence-electron chi connectivity index (χ0n) is 21.0. The lowest BCUT2D eigenvalue weighted by Gasteiger charge is -2.25. The highest BCUT2D eigenvalue weighted by molar-refractivity contribution is 5.91. The number of allylic oxidation sites excluding steroid dienone is 2. The van der Waals surface area contributed by atoms with Crippen molar-refractivity contribution in [2.75, 3.05) is 13.2 Å². The number of alkyl halides is 6. The number of fused-ring (bicyclic) bond motifs is 1. The third-order valence-electron chi connectivity index (χ3n) is 6.99. The molecule has 212 valence electrons. The number of carbonyl (C=O) groups excluding carboxylic acids is 1. The minimum absolute atomic E-state index is 0.301. The van der Waals surface area contributed by atoms with Crippen LogP contribution in [0.25, 0.3) is 6.08 Å². The molecule has 0 bridgehead atoms. The SMILES string of the molecule is O=C(/C=C/c1ccc2c(c1)CCCC2[N+](=O)CC1=CC(C(F)(F)F)CC(C(F)(F)F)=C1)NOC1CCCCO1. The summed E-state index contributed by atoms with van der Waals surface area (Å²) >= 11 is 0. The van der Waals surface area contributed by atoms with Gasteiger partial charge in [0.1, 0.15) is 0 Å². The molecule has 3 unspecified atom stereocenters. The van der Waals surface area contributed by atoms with Crippen LogP contribution in [0.15, 0.2) is 47.6 Å². The third-order valence-corrected chi connectivity index (χ3v) is 6.99. The van der Waals surface area contributed by atoms with Crippen molar-refractivity contribution in [2.45, 2.75) is 69.6 Å². The lowest BCUT2D eigenvalue weighted by atomic mass is 9.85. The van der Waals surface area contributed by atoms with E-state index in [1.807, 2.05) is 6.07 Å². The van der Waals surface area contributed by atoms with E-state index in [0.717, 1.165) is 18.4 Å². The van der Waals surface area contributed by atoms with Gasteiger partial charge < -0.3 is 4.74 Å². The molecular formula is C27H29F6N2O4+. The molecule has 1 fully saturated rings. The van der Waals surface area contributed by atoms with E-state index in [2.05, 4.69) is 5.48 Å². The molecule has 3 aliphatic rings. The van der Waals surface area contributed by atoms with E-state index in [1.165, 1.54) is 6.08 Å². The summed E-state index contributed by atoms with van der Waals surface area (Å²) in [6.45, 7) is -0.0208. The maximum absolute atomic E-state index is 13.3. The summed E-state index contributed by atoms with van der Waals surface area (Å²) in [5, 5.41) is 0. The van der Waals surface area contributed by atoms with E-state index in [-0.39, 0.29) is 5.57 Å². The number of hydrogen-bond donors (Lipinski definition) is 1. The fourth-order valence-corrected chi connectivity index (χ4v) is 5.03. The van der Waals surface area contributed by atoms with Gasteiger partial charge in [-0.3, -0.25) is 4.79 Å². The van der Waals surface area contributed by atoms with Gasteiger partial charge in [-0.1, -0.05) is 24.3 Å². The summed E-state index contributed by atoms with van der Waals surface area (Å²) in [4.78, 5) is 30.3. The van der Waals surface area contributed by atoms with Gasteiger partial charge in [0.05, 0.1) is 5.92 Å². The van der Waals surface area contributed by atoms with Crippen molar-refractivity contribution in [1.29, 1.82) is 0 Å². The van der Waals surface area contributed by atoms with Crippen LogP contribution in [0, 0.1) is 10.8 Å². The van der Waals surface area contributed by atoms with Crippen LogP contribution < -0.4 is 5.48 Å². The number of nitrogens with zero attached hydrogens (tertiary/aromatic N) is 1.